The van der Waals surface area contributed by atoms with Crippen molar-refractivity contribution in [2.24, 2.45) is 7.05 Å². The number of nitrogens with one attached hydrogen (secondary N) is 1. The van der Waals surface area contributed by atoms with Crippen LogP contribution in [0.2, 0.25) is 0 Å². The van der Waals surface area contributed by atoms with Crippen LogP contribution in [-0.2, 0) is 11.8 Å². The number of rotatable bonds is 6. The van der Waals surface area contributed by atoms with Crippen LogP contribution in [0.3, 0.4) is 0 Å². The third-order valence-electron chi connectivity index (χ3n) is 3.22. The molecule has 0 aliphatic heterocycles. The Labute approximate surface area is 143 Å². The molecule has 25 heavy (non-hydrogen) atoms. The summed E-state index contributed by atoms with van der Waals surface area (Å²) in [4.78, 5) is 17.3. The molecule has 0 saturated carbocycles. The van der Waals surface area contributed by atoms with Crippen LogP contribution in [0.25, 0.3) is 11.4 Å². The molecule has 1 amide bonds. The molecule has 2 heterocycles. The molecule has 0 aliphatic carbocycles. The first kappa shape index (κ1) is 16.4. The van der Waals surface area contributed by atoms with Crippen molar-refractivity contribution >= 4 is 11.6 Å². The first-order valence-electron chi connectivity index (χ1n) is 7.41. The molecule has 0 fully saturated rings. The summed E-state index contributed by atoms with van der Waals surface area (Å²) >= 11 is 0. The molecular weight excluding hydrogens is 324 g/mol. The van der Waals surface area contributed by atoms with Crippen LogP contribution >= 0.6 is 0 Å². The predicted molar refractivity (Wildman–Crippen MR) is 89.1 cm³/mol. The van der Waals surface area contributed by atoms with Crippen LogP contribution in [0.5, 0.6) is 11.6 Å². The topological polar surface area (TPSA) is 104 Å². The number of nitrogens with zero attached hydrogens (tertiary/aromatic N) is 5. The van der Waals surface area contributed by atoms with Gasteiger partial charge in [-0.15, -0.1) is 10.2 Å². The standard InChI is InChI=1S/C16H16N6O3/c1-22-20-16(19-21-22)11-3-6-13(7-4-11)25-10-14(23)18-12-5-8-15(24-2)17-9-12/h3-9H,10H2,1-2H3,(H,18,23). The fraction of sp³-hybridized carbons (Fsp3) is 0.188. The SMILES string of the molecule is COc1ccc(NC(=O)COc2ccc(-c3nnn(C)n3)cc2)cn1. The van der Waals surface area contributed by atoms with Gasteiger partial charge in [0.25, 0.3) is 5.91 Å². The zero-order chi connectivity index (χ0) is 17.6. The molecule has 0 atom stereocenters. The summed E-state index contributed by atoms with van der Waals surface area (Å²) in [6.45, 7) is -0.116. The number of hydrogen-bond donors (Lipinski definition) is 1. The first-order valence-corrected chi connectivity index (χ1v) is 7.41. The molecule has 1 N–H and O–H groups in total. The highest BCUT2D eigenvalue weighted by molar-refractivity contribution is 5.91. The van der Waals surface area contributed by atoms with Crippen LogP contribution in [0, 0.1) is 0 Å². The fourth-order valence-corrected chi connectivity index (χ4v) is 2.02. The number of hydrogen-bond acceptors (Lipinski definition) is 7. The molecule has 2 aromatic heterocycles. The van der Waals surface area contributed by atoms with E-state index in [1.165, 1.54) is 18.1 Å². The van der Waals surface area contributed by atoms with Crippen molar-refractivity contribution in [3.63, 3.8) is 0 Å². The minimum absolute atomic E-state index is 0.116. The Morgan fingerprint density at radius 1 is 1.20 bits per heavy atom. The van der Waals surface area contributed by atoms with Crippen molar-refractivity contribution in [2.45, 2.75) is 0 Å². The summed E-state index contributed by atoms with van der Waals surface area (Å²) in [7, 11) is 3.23. The summed E-state index contributed by atoms with van der Waals surface area (Å²) in [5, 5.41) is 14.5. The van der Waals surface area contributed by atoms with E-state index in [2.05, 4.69) is 25.7 Å². The minimum atomic E-state index is -0.286. The molecule has 0 radical (unpaired) electrons. The quantitative estimate of drug-likeness (QED) is 0.721. The van der Waals surface area contributed by atoms with E-state index in [1.807, 2.05) is 0 Å². The van der Waals surface area contributed by atoms with Gasteiger partial charge < -0.3 is 14.8 Å². The van der Waals surface area contributed by atoms with Gasteiger partial charge in [-0.1, -0.05) is 0 Å². The van der Waals surface area contributed by atoms with Gasteiger partial charge in [0.05, 0.1) is 26.0 Å². The van der Waals surface area contributed by atoms with E-state index in [0.29, 0.717) is 23.1 Å². The van der Waals surface area contributed by atoms with Crippen molar-refractivity contribution in [2.75, 3.05) is 19.0 Å². The molecule has 0 bridgehead atoms. The van der Waals surface area contributed by atoms with Crippen molar-refractivity contribution in [3.8, 4) is 23.0 Å². The lowest BCUT2D eigenvalue weighted by atomic mass is 10.2. The average molecular weight is 340 g/mol. The number of tetrazole rings is 1. The first-order chi connectivity index (χ1) is 12.1. The summed E-state index contributed by atoms with van der Waals surface area (Å²) in [6.07, 6.45) is 1.51. The summed E-state index contributed by atoms with van der Waals surface area (Å²) < 4.78 is 10.4. The van der Waals surface area contributed by atoms with Crippen molar-refractivity contribution in [1.29, 1.82) is 0 Å². The Morgan fingerprint density at radius 3 is 2.60 bits per heavy atom. The Morgan fingerprint density at radius 2 is 2.00 bits per heavy atom. The lowest BCUT2D eigenvalue weighted by Gasteiger charge is -2.08. The average Bonchev–Trinajstić information content (AvgIpc) is 3.07. The molecular formula is C16H16N6O3. The highest BCUT2D eigenvalue weighted by atomic mass is 16.5. The zero-order valence-corrected chi connectivity index (χ0v) is 13.7. The van der Waals surface area contributed by atoms with Crippen molar-refractivity contribution in [3.05, 3.63) is 42.6 Å². The van der Waals surface area contributed by atoms with Gasteiger partial charge in [-0.2, -0.15) is 4.80 Å². The second-order valence-corrected chi connectivity index (χ2v) is 5.05. The van der Waals surface area contributed by atoms with E-state index in [4.69, 9.17) is 9.47 Å². The molecule has 0 unspecified atom stereocenters. The molecule has 0 aliphatic rings. The van der Waals surface area contributed by atoms with Crippen LogP contribution in [0.1, 0.15) is 0 Å². The second-order valence-electron chi connectivity index (χ2n) is 5.05. The van der Waals surface area contributed by atoms with Crippen LogP contribution in [0.4, 0.5) is 5.69 Å². The molecule has 3 aromatic rings. The number of anilines is 1. The van der Waals surface area contributed by atoms with Gasteiger partial charge in [0.15, 0.2) is 6.61 Å². The highest BCUT2D eigenvalue weighted by Crippen LogP contribution is 2.18. The summed E-state index contributed by atoms with van der Waals surface area (Å²) in [5.74, 6) is 1.29. The van der Waals surface area contributed by atoms with E-state index in [-0.39, 0.29) is 12.5 Å². The van der Waals surface area contributed by atoms with Gasteiger partial charge in [-0.25, -0.2) is 4.98 Å². The monoisotopic (exact) mass is 340 g/mol. The number of carbonyl (C=O) groups is 1. The molecule has 3 rings (SSSR count). The Balaban J connectivity index is 1.53. The maximum Gasteiger partial charge on any atom is 0.262 e. The molecule has 0 saturated heterocycles. The van der Waals surface area contributed by atoms with Gasteiger partial charge in [-0.3, -0.25) is 4.79 Å². The van der Waals surface area contributed by atoms with E-state index in [1.54, 1.807) is 43.4 Å². The Kier molecular flexibility index (Phi) is 4.84. The van der Waals surface area contributed by atoms with E-state index in [9.17, 15) is 4.79 Å². The summed E-state index contributed by atoms with van der Waals surface area (Å²) in [6, 6.07) is 10.5. The molecule has 9 nitrogen and oxygen atoms in total. The third-order valence-corrected chi connectivity index (χ3v) is 3.22. The smallest absolute Gasteiger partial charge is 0.262 e. The molecule has 0 spiro atoms. The van der Waals surface area contributed by atoms with Crippen LogP contribution < -0.4 is 14.8 Å². The van der Waals surface area contributed by atoms with Crippen LogP contribution in [0.15, 0.2) is 42.6 Å². The number of amides is 1. The fourth-order valence-electron chi connectivity index (χ4n) is 2.02. The minimum Gasteiger partial charge on any atom is -0.484 e. The number of benzene rings is 1. The Hall–Kier alpha value is -3.49. The molecule has 1 aromatic carbocycles. The normalized spacial score (nSPS) is 10.3. The maximum absolute atomic E-state index is 11.9. The highest BCUT2D eigenvalue weighted by Gasteiger charge is 2.07. The van der Waals surface area contributed by atoms with Crippen molar-refractivity contribution < 1.29 is 14.3 Å². The van der Waals surface area contributed by atoms with E-state index in [0.717, 1.165) is 5.56 Å². The number of carbonyl (C=O) groups excluding carboxylic acids is 1. The molecule has 128 valence electrons. The molecule has 9 heteroatoms. The van der Waals surface area contributed by atoms with Crippen LogP contribution in [-0.4, -0.2) is 44.8 Å². The van der Waals surface area contributed by atoms with Gasteiger partial charge in [-0.05, 0) is 35.5 Å². The van der Waals surface area contributed by atoms with E-state index >= 15 is 0 Å². The van der Waals surface area contributed by atoms with Gasteiger partial charge in [0.1, 0.15) is 5.75 Å². The number of aromatic nitrogens is 5. The largest absolute Gasteiger partial charge is 0.484 e. The number of ether oxygens (including phenoxy) is 2. The summed E-state index contributed by atoms with van der Waals surface area (Å²) in [5.41, 5.74) is 1.38. The Bertz CT molecular complexity index is 845. The second kappa shape index (κ2) is 7.39. The maximum atomic E-state index is 11.9. The number of pyridine rings is 1. The zero-order valence-electron chi connectivity index (χ0n) is 13.7. The van der Waals surface area contributed by atoms with Gasteiger partial charge in [0, 0.05) is 11.6 Å². The van der Waals surface area contributed by atoms with E-state index < -0.39 is 0 Å². The number of methoxy groups -OCH3 is 1. The third kappa shape index (κ3) is 4.28. The van der Waals surface area contributed by atoms with Crippen molar-refractivity contribution in [1.82, 2.24) is 25.2 Å². The number of aryl methyl sites for hydroxylation is 1. The lowest BCUT2D eigenvalue weighted by Crippen LogP contribution is -2.20. The van der Waals surface area contributed by atoms with Gasteiger partial charge >= 0.3 is 0 Å². The predicted octanol–water partition coefficient (Wildman–Crippen LogP) is 1.30. The lowest BCUT2D eigenvalue weighted by molar-refractivity contribution is -0.118. The van der Waals surface area contributed by atoms with Gasteiger partial charge in [0.2, 0.25) is 11.7 Å².